The molecule has 0 aliphatic heterocycles. The normalized spacial score (nSPS) is 11.3. The summed E-state index contributed by atoms with van der Waals surface area (Å²) < 4.78 is 45.0. The summed E-state index contributed by atoms with van der Waals surface area (Å²) in [6, 6.07) is 19.2. The number of hydrazone groups is 1. The van der Waals surface area contributed by atoms with E-state index in [4.69, 9.17) is 4.74 Å². The van der Waals surface area contributed by atoms with Gasteiger partial charge in [-0.2, -0.15) is 18.3 Å². The minimum absolute atomic E-state index is 0.00696. The van der Waals surface area contributed by atoms with Gasteiger partial charge in [0.1, 0.15) is 12.4 Å². The van der Waals surface area contributed by atoms with Crippen LogP contribution in [0.15, 0.2) is 82.4 Å². The van der Waals surface area contributed by atoms with Crippen LogP contribution in [-0.2, 0) is 22.4 Å². The first kappa shape index (κ1) is 26.0. The number of alkyl halides is 3. The van der Waals surface area contributed by atoms with Gasteiger partial charge in [-0.1, -0.05) is 34.1 Å². The average Bonchev–Trinajstić information content (AvgIpc) is 2.83. The molecule has 6 nitrogen and oxygen atoms in total. The van der Waals surface area contributed by atoms with E-state index < -0.39 is 23.6 Å². The lowest BCUT2D eigenvalue weighted by Gasteiger charge is -2.09. The lowest BCUT2D eigenvalue weighted by atomic mass is 10.2. The summed E-state index contributed by atoms with van der Waals surface area (Å²) in [7, 11) is 0. The van der Waals surface area contributed by atoms with Crippen molar-refractivity contribution in [2.24, 2.45) is 5.10 Å². The number of carbonyl (C=O) groups is 2. The van der Waals surface area contributed by atoms with E-state index in [0.29, 0.717) is 12.4 Å². The molecule has 182 valence electrons. The fourth-order valence-electron chi connectivity index (χ4n) is 2.86. The lowest BCUT2D eigenvalue weighted by Crippen LogP contribution is -2.20. The van der Waals surface area contributed by atoms with E-state index >= 15 is 0 Å². The lowest BCUT2D eigenvalue weighted by molar-refractivity contribution is -0.137. The van der Waals surface area contributed by atoms with Crippen LogP contribution in [0.5, 0.6) is 5.75 Å². The third-order valence-corrected chi connectivity index (χ3v) is 5.18. The Balaban J connectivity index is 1.39. The van der Waals surface area contributed by atoms with Gasteiger partial charge in [-0.25, -0.2) is 5.43 Å². The smallest absolute Gasteiger partial charge is 0.416 e. The molecule has 0 aliphatic rings. The van der Waals surface area contributed by atoms with Crippen LogP contribution < -0.4 is 15.5 Å². The number of ether oxygens (including phenoxy) is 1. The number of anilines is 1. The number of halogens is 4. The number of carbonyl (C=O) groups excluding carboxylic acids is 2. The molecule has 10 heteroatoms. The summed E-state index contributed by atoms with van der Waals surface area (Å²) in [5, 5.41) is 6.20. The third-order valence-electron chi connectivity index (χ3n) is 4.65. The second-order valence-electron chi connectivity index (χ2n) is 7.40. The molecule has 0 spiro atoms. The van der Waals surface area contributed by atoms with Crippen LogP contribution in [0.1, 0.15) is 29.5 Å². The van der Waals surface area contributed by atoms with Gasteiger partial charge >= 0.3 is 6.18 Å². The number of hydrogen-bond donors (Lipinski definition) is 2. The number of nitrogens with zero attached hydrogens (tertiary/aromatic N) is 1. The molecule has 0 saturated carbocycles. The van der Waals surface area contributed by atoms with Gasteiger partial charge in [-0.05, 0) is 65.7 Å². The number of rotatable bonds is 9. The Morgan fingerprint density at radius 2 is 1.63 bits per heavy atom. The molecule has 0 bridgehead atoms. The highest BCUT2D eigenvalue weighted by Gasteiger charge is 2.30. The van der Waals surface area contributed by atoms with Crippen molar-refractivity contribution in [1.29, 1.82) is 0 Å². The predicted octanol–water partition coefficient (Wildman–Crippen LogP) is 5.92. The van der Waals surface area contributed by atoms with Crippen LogP contribution in [0.2, 0.25) is 0 Å². The highest BCUT2D eigenvalue weighted by Crippen LogP contribution is 2.30. The second kappa shape index (κ2) is 12.2. The Labute approximate surface area is 208 Å². The van der Waals surface area contributed by atoms with Crippen molar-refractivity contribution in [2.75, 3.05) is 5.32 Å². The largest absolute Gasteiger partial charge is 0.489 e. The number of nitrogens with one attached hydrogen (secondary N) is 2. The summed E-state index contributed by atoms with van der Waals surface area (Å²) in [5.74, 6) is -0.405. The zero-order valence-electron chi connectivity index (χ0n) is 18.3. The zero-order valence-corrected chi connectivity index (χ0v) is 19.9. The number of amides is 2. The molecule has 0 radical (unpaired) electrons. The molecular weight excluding hydrogens is 527 g/mol. The molecule has 0 aliphatic carbocycles. The third kappa shape index (κ3) is 8.90. The molecule has 2 N–H and O–H groups in total. The summed E-state index contributed by atoms with van der Waals surface area (Å²) >= 11 is 3.38. The van der Waals surface area contributed by atoms with Crippen LogP contribution in [0.3, 0.4) is 0 Å². The van der Waals surface area contributed by atoms with Gasteiger partial charge in [-0.3, -0.25) is 9.59 Å². The monoisotopic (exact) mass is 547 g/mol. The maximum absolute atomic E-state index is 12.7. The van der Waals surface area contributed by atoms with E-state index in [2.05, 4.69) is 31.8 Å². The topological polar surface area (TPSA) is 79.8 Å². The second-order valence-corrected chi connectivity index (χ2v) is 8.32. The number of hydrogen-bond acceptors (Lipinski definition) is 4. The predicted molar refractivity (Wildman–Crippen MR) is 130 cm³/mol. The molecule has 35 heavy (non-hydrogen) atoms. The van der Waals surface area contributed by atoms with E-state index in [1.165, 1.54) is 18.3 Å². The summed E-state index contributed by atoms with van der Waals surface area (Å²) in [4.78, 5) is 23.8. The molecule has 2 amide bonds. The van der Waals surface area contributed by atoms with Crippen LogP contribution in [0, 0.1) is 0 Å². The van der Waals surface area contributed by atoms with E-state index in [-0.39, 0.29) is 18.5 Å². The van der Waals surface area contributed by atoms with Gasteiger partial charge in [0, 0.05) is 23.0 Å². The summed E-state index contributed by atoms with van der Waals surface area (Å²) in [6.07, 6.45) is -3.45. The van der Waals surface area contributed by atoms with Crippen molar-refractivity contribution in [3.05, 3.63) is 94.0 Å². The standard InChI is InChI=1S/C25H21BrF3N3O3/c26-20-8-4-18(5-9-20)16-35-22-10-6-17(7-11-22)15-30-32-24(34)13-12-23(33)31-21-3-1-2-19(14-21)25(27,28)29/h1-11,14-15H,12-13,16H2,(H,31,33)(H,32,34). The Morgan fingerprint density at radius 3 is 2.31 bits per heavy atom. The Kier molecular flexibility index (Phi) is 9.02. The van der Waals surface area contributed by atoms with E-state index in [9.17, 15) is 22.8 Å². The molecule has 0 atom stereocenters. The zero-order chi connectivity index (χ0) is 25.3. The SMILES string of the molecule is O=C(CCC(=O)Nc1cccc(C(F)(F)F)c1)NN=Cc1ccc(OCc2ccc(Br)cc2)cc1. The van der Waals surface area contributed by atoms with Crippen molar-refractivity contribution in [3.63, 3.8) is 0 Å². The van der Waals surface area contributed by atoms with Gasteiger partial charge in [0.25, 0.3) is 0 Å². The van der Waals surface area contributed by atoms with Crippen LogP contribution in [0.25, 0.3) is 0 Å². The molecule has 0 fully saturated rings. The average molecular weight is 548 g/mol. The van der Waals surface area contributed by atoms with Crippen LogP contribution in [-0.4, -0.2) is 18.0 Å². The Bertz CT molecular complexity index is 1180. The van der Waals surface area contributed by atoms with Gasteiger partial charge in [0.05, 0.1) is 11.8 Å². The van der Waals surface area contributed by atoms with Gasteiger partial charge < -0.3 is 10.1 Å². The van der Waals surface area contributed by atoms with Crippen molar-refractivity contribution < 1.29 is 27.5 Å². The van der Waals surface area contributed by atoms with Crippen molar-refractivity contribution in [2.45, 2.75) is 25.6 Å². The maximum Gasteiger partial charge on any atom is 0.416 e. The van der Waals surface area contributed by atoms with E-state index in [0.717, 1.165) is 27.7 Å². The van der Waals surface area contributed by atoms with Crippen molar-refractivity contribution in [3.8, 4) is 5.75 Å². The molecule has 3 rings (SSSR count). The molecular formula is C25H21BrF3N3O3. The van der Waals surface area contributed by atoms with Crippen molar-refractivity contribution in [1.82, 2.24) is 5.43 Å². The molecule has 3 aromatic rings. The van der Waals surface area contributed by atoms with E-state index in [1.807, 2.05) is 24.3 Å². The molecule has 0 aromatic heterocycles. The van der Waals surface area contributed by atoms with Crippen molar-refractivity contribution >= 4 is 39.6 Å². The quantitative estimate of drug-likeness (QED) is 0.258. The van der Waals surface area contributed by atoms with Gasteiger partial charge in [0.15, 0.2) is 0 Å². The fourth-order valence-corrected chi connectivity index (χ4v) is 3.12. The highest BCUT2D eigenvalue weighted by molar-refractivity contribution is 9.10. The first-order valence-electron chi connectivity index (χ1n) is 10.5. The highest BCUT2D eigenvalue weighted by atomic mass is 79.9. The number of benzene rings is 3. The molecule has 3 aromatic carbocycles. The van der Waals surface area contributed by atoms with Gasteiger partial charge in [-0.15, -0.1) is 0 Å². The molecule has 0 heterocycles. The minimum atomic E-state index is -4.51. The van der Waals surface area contributed by atoms with Crippen LogP contribution >= 0.6 is 15.9 Å². The van der Waals surface area contributed by atoms with Crippen LogP contribution in [0.4, 0.5) is 18.9 Å². The Hall–Kier alpha value is -3.66. The Morgan fingerprint density at radius 1 is 0.943 bits per heavy atom. The first-order valence-corrected chi connectivity index (χ1v) is 11.2. The summed E-state index contributed by atoms with van der Waals surface area (Å²) in [5.41, 5.74) is 3.21. The van der Waals surface area contributed by atoms with Gasteiger partial charge in [0.2, 0.25) is 11.8 Å². The first-order chi connectivity index (χ1) is 16.7. The van der Waals surface area contributed by atoms with E-state index in [1.54, 1.807) is 24.3 Å². The molecule has 0 unspecified atom stereocenters. The molecule has 0 saturated heterocycles. The summed E-state index contributed by atoms with van der Waals surface area (Å²) in [6.45, 7) is 0.429. The minimum Gasteiger partial charge on any atom is -0.489 e. The fraction of sp³-hybridized carbons (Fsp3) is 0.160. The maximum atomic E-state index is 12.7.